The summed E-state index contributed by atoms with van der Waals surface area (Å²) < 4.78 is 0. The maximum absolute atomic E-state index is 12.3. The third-order valence-electron chi connectivity index (χ3n) is 2.80. The van der Waals surface area contributed by atoms with Gasteiger partial charge >= 0.3 is 0 Å². The number of nitrogens with one attached hydrogen (secondary N) is 1. The quantitative estimate of drug-likeness (QED) is 0.881. The van der Waals surface area contributed by atoms with E-state index in [0.717, 1.165) is 11.9 Å². The molecule has 1 heterocycles. The first-order chi connectivity index (χ1) is 9.08. The number of carbonyl (C=O) groups excluding carboxylic acids is 1. The van der Waals surface area contributed by atoms with Crippen LogP contribution in [-0.2, 0) is 0 Å². The number of hydrogen-bond donors (Lipinski definition) is 1. The second-order valence-electron chi connectivity index (χ2n) is 4.62. The Bertz CT molecular complexity index is 580. The van der Waals surface area contributed by atoms with E-state index in [4.69, 9.17) is 0 Å². The van der Waals surface area contributed by atoms with E-state index in [2.05, 4.69) is 38.1 Å². The fraction of sp³-hybridized carbons (Fsp3) is 0.357. The van der Waals surface area contributed by atoms with Crippen molar-refractivity contribution in [1.82, 2.24) is 15.3 Å². The number of para-hydroxylation sites is 1. The first-order valence-electron chi connectivity index (χ1n) is 6.22. The van der Waals surface area contributed by atoms with Crippen molar-refractivity contribution in [3.63, 3.8) is 0 Å². The van der Waals surface area contributed by atoms with Crippen LogP contribution in [0.1, 0.15) is 30.6 Å². The van der Waals surface area contributed by atoms with Gasteiger partial charge in [0.15, 0.2) is 0 Å². The van der Waals surface area contributed by atoms with Gasteiger partial charge in [0.25, 0.3) is 5.91 Å². The molecule has 0 fully saturated rings. The molecular weight excluding hydrogens is 306 g/mol. The van der Waals surface area contributed by atoms with Gasteiger partial charge in [0.05, 0.1) is 11.1 Å². The average Bonchev–Trinajstić information content (AvgIpc) is 2.36. The molecule has 0 aliphatic carbocycles. The van der Waals surface area contributed by atoms with Crippen molar-refractivity contribution in [2.24, 2.45) is 0 Å². The molecule has 0 saturated heterocycles. The SMILES string of the molecule is CC(Br)CC(C)NC(=O)c1cccc2nccnc12. The molecule has 0 spiro atoms. The molecule has 1 amide bonds. The zero-order valence-corrected chi connectivity index (χ0v) is 12.5. The standard InChI is InChI=1S/C14H16BrN3O/c1-9(15)8-10(2)18-14(19)11-4-3-5-12-13(11)17-7-6-16-12/h3-7,9-10H,8H2,1-2H3,(H,18,19). The van der Waals surface area contributed by atoms with Crippen LogP contribution >= 0.6 is 15.9 Å². The molecule has 0 aliphatic heterocycles. The molecular formula is C14H16BrN3O. The van der Waals surface area contributed by atoms with E-state index in [0.29, 0.717) is 15.9 Å². The third kappa shape index (κ3) is 3.50. The monoisotopic (exact) mass is 321 g/mol. The Kier molecular flexibility index (Phi) is 4.47. The van der Waals surface area contributed by atoms with Gasteiger partial charge in [-0.15, -0.1) is 0 Å². The van der Waals surface area contributed by atoms with Gasteiger partial charge in [-0.1, -0.05) is 28.9 Å². The van der Waals surface area contributed by atoms with Crippen molar-refractivity contribution in [1.29, 1.82) is 0 Å². The van der Waals surface area contributed by atoms with Gasteiger partial charge in [0.2, 0.25) is 0 Å². The summed E-state index contributed by atoms with van der Waals surface area (Å²) in [6, 6.07) is 5.55. The molecule has 0 saturated carbocycles. The second kappa shape index (κ2) is 6.10. The number of benzene rings is 1. The van der Waals surface area contributed by atoms with E-state index in [1.807, 2.05) is 19.1 Å². The van der Waals surface area contributed by atoms with E-state index < -0.39 is 0 Å². The molecule has 1 aromatic carbocycles. The topological polar surface area (TPSA) is 54.9 Å². The molecule has 100 valence electrons. The number of hydrogen-bond acceptors (Lipinski definition) is 3. The van der Waals surface area contributed by atoms with Crippen LogP contribution in [0.25, 0.3) is 11.0 Å². The normalized spacial score (nSPS) is 14.1. The highest BCUT2D eigenvalue weighted by Gasteiger charge is 2.14. The highest BCUT2D eigenvalue weighted by Crippen LogP contribution is 2.14. The van der Waals surface area contributed by atoms with Crippen molar-refractivity contribution in [2.45, 2.75) is 31.1 Å². The number of fused-ring (bicyclic) bond motifs is 1. The molecule has 2 aromatic rings. The van der Waals surface area contributed by atoms with Crippen LogP contribution in [-0.4, -0.2) is 26.7 Å². The summed E-state index contributed by atoms with van der Waals surface area (Å²) in [5.41, 5.74) is 1.94. The molecule has 5 heteroatoms. The first-order valence-corrected chi connectivity index (χ1v) is 7.14. The van der Waals surface area contributed by atoms with Crippen LogP contribution in [0.2, 0.25) is 0 Å². The van der Waals surface area contributed by atoms with Crippen LogP contribution in [0.4, 0.5) is 0 Å². The molecule has 2 unspecified atom stereocenters. The molecule has 0 radical (unpaired) electrons. The molecule has 1 N–H and O–H groups in total. The summed E-state index contributed by atoms with van der Waals surface area (Å²) in [6.45, 7) is 4.05. The van der Waals surface area contributed by atoms with Crippen LogP contribution in [0.5, 0.6) is 0 Å². The number of aromatic nitrogens is 2. The lowest BCUT2D eigenvalue weighted by atomic mass is 10.1. The summed E-state index contributed by atoms with van der Waals surface area (Å²) in [5, 5.41) is 2.98. The van der Waals surface area contributed by atoms with E-state index in [-0.39, 0.29) is 11.9 Å². The summed E-state index contributed by atoms with van der Waals surface area (Å²) >= 11 is 3.49. The van der Waals surface area contributed by atoms with Crippen molar-refractivity contribution in [3.8, 4) is 0 Å². The average molecular weight is 322 g/mol. The zero-order chi connectivity index (χ0) is 13.8. The summed E-state index contributed by atoms with van der Waals surface area (Å²) in [7, 11) is 0. The minimum atomic E-state index is -0.105. The minimum absolute atomic E-state index is 0.105. The van der Waals surface area contributed by atoms with Crippen molar-refractivity contribution in [3.05, 3.63) is 36.2 Å². The minimum Gasteiger partial charge on any atom is -0.349 e. The molecule has 4 nitrogen and oxygen atoms in total. The van der Waals surface area contributed by atoms with Gasteiger partial charge in [0.1, 0.15) is 5.52 Å². The number of halogens is 1. The van der Waals surface area contributed by atoms with E-state index in [9.17, 15) is 4.79 Å². The Morgan fingerprint density at radius 2 is 2.05 bits per heavy atom. The van der Waals surface area contributed by atoms with Crippen LogP contribution in [0.15, 0.2) is 30.6 Å². The van der Waals surface area contributed by atoms with Crippen molar-refractivity contribution < 1.29 is 4.79 Å². The van der Waals surface area contributed by atoms with Crippen LogP contribution in [0, 0.1) is 0 Å². The van der Waals surface area contributed by atoms with Crippen molar-refractivity contribution >= 4 is 32.9 Å². The smallest absolute Gasteiger partial charge is 0.253 e. The number of nitrogens with zero attached hydrogens (tertiary/aromatic N) is 2. The number of alkyl halides is 1. The molecule has 2 atom stereocenters. The highest BCUT2D eigenvalue weighted by molar-refractivity contribution is 9.09. The van der Waals surface area contributed by atoms with Gasteiger partial charge in [-0.05, 0) is 25.5 Å². The highest BCUT2D eigenvalue weighted by atomic mass is 79.9. The predicted molar refractivity (Wildman–Crippen MR) is 79.5 cm³/mol. The second-order valence-corrected chi connectivity index (χ2v) is 6.18. The van der Waals surface area contributed by atoms with Crippen molar-refractivity contribution in [2.75, 3.05) is 0 Å². The Labute approximate surface area is 120 Å². The van der Waals surface area contributed by atoms with Crippen LogP contribution < -0.4 is 5.32 Å². The maximum atomic E-state index is 12.3. The molecule has 0 aliphatic rings. The fourth-order valence-electron chi connectivity index (χ4n) is 2.02. The largest absolute Gasteiger partial charge is 0.349 e. The maximum Gasteiger partial charge on any atom is 0.253 e. The van der Waals surface area contributed by atoms with Gasteiger partial charge in [-0.2, -0.15) is 0 Å². The molecule has 19 heavy (non-hydrogen) atoms. The Hall–Kier alpha value is -1.49. The number of carbonyl (C=O) groups is 1. The molecule has 1 aromatic heterocycles. The van der Waals surface area contributed by atoms with Gasteiger partial charge < -0.3 is 5.32 Å². The lowest BCUT2D eigenvalue weighted by Gasteiger charge is -2.15. The first kappa shape index (κ1) is 13.9. The van der Waals surface area contributed by atoms with Gasteiger partial charge in [-0.3, -0.25) is 14.8 Å². The Morgan fingerprint density at radius 1 is 1.32 bits per heavy atom. The summed E-state index contributed by atoms with van der Waals surface area (Å²) in [6.07, 6.45) is 4.10. The lowest BCUT2D eigenvalue weighted by molar-refractivity contribution is 0.0940. The summed E-state index contributed by atoms with van der Waals surface area (Å²) in [5.74, 6) is -0.105. The zero-order valence-electron chi connectivity index (χ0n) is 10.9. The molecule has 2 rings (SSSR count). The number of rotatable bonds is 4. The summed E-state index contributed by atoms with van der Waals surface area (Å²) in [4.78, 5) is 21.1. The van der Waals surface area contributed by atoms with E-state index in [1.165, 1.54) is 0 Å². The van der Waals surface area contributed by atoms with Gasteiger partial charge in [0, 0.05) is 23.3 Å². The third-order valence-corrected chi connectivity index (χ3v) is 3.17. The fourth-order valence-corrected chi connectivity index (χ4v) is 2.58. The van der Waals surface area contributed by atoms with E-state index >= 15 is 0 Å². The van der Waals surface area contributed by atoms with Gasteiger partial charge in [-0.25, -0.2) is 0 Å². The number of amides is 1. The lowest BCUT2D eigenvalue weighted by Crippen LogP contribution is -2.34. The predicted octanol–water partition coefficient (Wildman–Crippen LogP) is 2.92. The Morgan fingerprint density at radius 3 is 2.79 bits per heavy atom. The molecule has 0 bridgehead atoms. The van der Waals surface area contributed by atoms with E-state index in [1.54, 1.807) is 18.5 Å². The Balaban J connectivity index is 2.22. The van der Waals surface area contributed by atoms with Crippen LogP contribution in [0.3, 0.4) is 0 Å².